The highest BCUT2D eigenvalue weighted by atomic mass is 16.2. The van der Waals surface area contributed by atoms with E-state index in [1.807, 2.05) is 50.2 Å². The molecule has 0 bridgehead atoms. The van der Waals surface area contributed by atoms with Crippen molar-refractivity contribution in [1.82, 2.24) is 0 Å². The van der Waals surface area contributed by atoms with E-state index in [9.17, 15) is 14.4 Å². The van der Waals surface area contributed by atoms with E-state index in [-0.39, 0.29) is 17.2 Å². The summed E-state index contributed by atoms with van der Waals surface area (Å²) in [6, 6.07) is 21.8. The van der Waals surface area contributed by atoms with Crippen molar-refractivity contribution in [1.29, 1.82) is 0 Å². The van der Waals surface area contributed by atoms with Gasteiger partial charge >= 0.3 is 0 Å². The van der Waals surface area contributed by atoms with Gasteiger partial charge in [-0.15, -0.1) is 0 Å². The lowest BCUT2D eigenvalue weighted by Gasteiger charge is -2.18. The molecule has 2 N–H and O–H groups in total. The van der Waals surface area contributed by atoms with Crippen LogP contribution in [0, 0.1) is 13.8 Å². The number of rotatable bonds is 5. The zero-order valence-corrected chi connectivity index (χ0v) is 18.1. The molecule has 0 aromatic heterocycles. The molecule has 0 atom stereocenters. The summed E-state index contributed by atoms with van der Waals surface area (Å²) >= 11 is 0. The molecule has 3 aromatic rings. The van der Waals surface area contributed by atoms with E-state index in [4.69, 9.17) is 0 Å². The van der Waals surface area contributed by atoms with Crippen molar-refractivity contribution >= 4 is 40.4 Å². The fourth-order valence-electron chi connectivity index (χ4n) is 3.72. The van der Waals surface area contributed by atoms with Gasteiger partial charge in [-0.3, -0.25) is 14.4 Å². The van der Waals surface area contributed by atoms with Crippen molar-refractivity contribution in [3.05, 3.63) is 95.2 Å². The van der Waals surface area contributed by atoms with Crippen LogP contribution in [0.5, 0.6) is 0 Å². The molecular weight excluding hydrogens is 402 g/mol. The smallest absolute Gasteiger partial charge is 0.282 e. The predicted octanol–water partition coefficient (Wildman–Crippen LogP) is 4.66. The van der Waals surface area contributed by atoms with Crippen LogP contribution in [-0.2, 0) is 14.4 Å². The first-order valence-electron chi connectivity index (χ1n) is 10.3. The van der Waals surface area contributed by atoms with Crippen LogP contribution in [-0.4, -0.2) is 17.7 Å². The second kappa shape index (κ2) is 8.51. The molecule has 160 valence electrons. The highest BCUT2D eigenvalue weighted by molar-refractivity contribution is 6.46. The lowest BCUT2D eigenvalue weighted by Crippen LogP contribution is -2.33. The molecule has 1 aliphatic rings. The summed E-state index contributed by atoms with van der Waals surface area (Å²) in [5.74, 6) is -0.988. The molecule has 0 saturated carbocycles. The van der Waals surface area contributed by atoms with E-state index in [1.54, 1.807) is 36.4 Å². The quantitative estimate of drug-likeness (QED) is 0.583. The Kier molecular flexibility index (Phi) is 5.60. The third kappa shape index (κ3) is 3.90. The van der Waals surface area contributed by atoms with Gasteiger partial charge in [0.25, 0.3) is 11.8 Å². The molecule has 1 aliphatic heterocycles. The highest BCUT2D eigenvalue weighted by Gasteiger charge is 2.40. The van der Waals surface area contributed by atoms with Crippen LogP contribution in [0.25, 0.3) is 5.57 Å². The van der Waals surface area contributed by atoms with Crippen LogP contribution in [0.2, 0.25) is 0 Å². The van der Waals surface area contributed by atoms with Crippen molar-refractivity contribution < 1.29 is 14.4 Å². The Morgan fingerprint density at radius 2 is 1.41 bits per heavy atom. The van der Waals surface area contributed by atoms with Crippen molar-refractivity contribution in [3.63, 3.8) is 0 Å². The van der Waals surface area contributed by atoms with Crippen molar-refractivity contribution in [2.24, 2.45) is 0 Å². The Hall–Kier alpha value is -4.19. The lowest BCUT2D eigenvalue weighted by molar-refractivity contribution is -0.120. The minimum absolute atomic E-state index is 0.184. The molecule has 0 radical (unpaired) electrons. The molecule has 3 amide bonds. The first-order chi connectivity index (χ1) is 15.4. The molecule has 0 unspecified atom stereocenters. The standard InChI is InChI=1S/C26H23N3O3/c1-16-8-4-6-10-21(16)28-24-23(19-12-14-20(15-13-19)27-18(3)30)25(31)29(26(24)32)22-11-7-5-9-17(22)2/h4-15,28H,1-3H3,(H,27,30). The Labute approximate surface area is 186 Å². The van der Waals surface area contributed by atoms with Gasteiger partial charge in [0.2, 0.25) is 5.91 Å². The number of para-hydroxylation sites is 2. The molecule has 0 aliphatic carbocycles. The monoisotopic (exact) mass is 425 g/mol. The zero-order chi connectivity index (χ0) is 22.8. The maximum absolute atomic E-state index is 13.6. The van der Waals surface area contributed by atoms with Gasteiger partial charge in [-0.25, -0.2) is 4.90 Å². The van der Waals surface area contributed by atoms with E-state index in [0.29, 0.717) is 16.9 Å². The van der Waals surface area contributed by atoms with E-state index < -0.39 is 11.8 Å². The van der Waals surface area contributed by atoms with Crippen LogP contribution in [0.15, 0.2) is 78.5 Å². The van der Waals surface area contributed by atoms with Gasteiger partial charge < -0.3 is 10.6 Å². The fourth-order valence-corrected chi connectivity index (χ4v) is 3.72. The number of nitrogens with zero attached hydrogens (tertiary/aromatic N) is 1. The SMILES string of the molecule is CC(=O)Nc1ccc(C2=C(Nc3ccccc3C)C(=O)N(c3ccccc3C)C2=O)cc1. The Morgan fingerprint density at radius 1 is 0.781 bits per heavy atom. The van der Waals surface area contributed by atoms with Crippen LogP contribution < -0.4 is 15.5 Å². The number of nitrogens with one attached hydrogen (secondary N) is 2. The van der Waals surface area contributed by atoms with Crippen molar-refractivity contribution in [2.45, 2.75) is 20.8 Å². The predicted molar refractivity (Wildman–Crippen MR) is 126 cm³/mol. The topological polar surface area (TPSA) is 78.5 Å². The van der Waals surface area contributed by atoms with Crippen molar-refractivity contribution in [2.75, 3.05) is 15.5 Å². The number of aryl methyl sites for hydroxylation is 2. The molecule has 6 heteroatoms. The summed E-state index contributed by atoms with van der Waals surface area (Å²) in [5, 5.41) is 5.91. The van der Waals surface area contributed by atoms with Gasteiger partial charge in [0.15, 0.2) is 0 Å². The second-order valence-electron chi connectivity index (χ2n) is 7.68. The minimum Gasteiger partial charge on any atom is -0.350 e. The average Bonchev–Trinajstić information content (AvgIpc) is 3.00. The van der Waals surface area contributed by atoms with Gasteiger partial charge in [-0.2, -0.15) is 0 Å². The zero-order valence-electron chi connectivity index (χ0n) is 18.1. The fraction of sp³-hybridized carbons (Fsp3) is 0.115. The number of hydrogen-bond donors (Lipinski definition) is 2. The summed E-state index contributed by atoms with van der Waals surface area (Å²) in [6.45, 7) is 5.23. The van der Waals surface area contributed by atoms with Crippen LogP contribution >= 0.6 is 0 Å². The van der Waals surface area contributed by atoms with Crippen LogP contribution in [0.3, 0.4) is 0 Å². The third-order valence-corrected chi connectivity index (χ3v) is 5.34. The van der Waals surface area contributed by atoms with Crippen molar-refractivity contribution in [3.8, 4) is 0 Å². The maximum atomic E-state index is 13.6. The maximum Gasteiger partial charge on any atom is 0.282 e. The number of benzene rings is 3. The number of carbonyl (C=O) groups excluding carboxylic acids is 3. The second-order valence-corrected chi connectivity index (χ2v) is 7.68. The number of amides is 3. The van der Waals surface area contributed by atoms with Gasteiger partial charge in [0.05, 0.1) is 11.3 Å². The number of imide groups is 1. The van der Waals surface area contributed by atoms with E-state index in [2.05, 4.69) is 10.6 Å². The summed E-state index contributed by atoms with van der Waals surface area (Å²) in [6.07, 6.45) is 0. The Morgan fingerprint density at radius 3 is 2.03 bits per heavy atom. The Balaban J connectivity index is 1.82. The molecule has 6 nitrogen and oxygen atoms in total. The van der Waals surface area contributed by atoms with Gasteiger partial charge in [0.1, 0.15) is 5.70 Å². The largest absolute Gasteiger partial charge is 0.350 e. The van der Waals surface area contributed by atoms with E-state index >= 15 is 0 Å². The van der Waals surface area contributed by atoms with Gasteiger partial charge in [-0.05, 0) is 54.8 Å². The first-order valence-corrected chi connectivity index (χ1v) is 10.3. The summed E-state index contributed by atoms with van der Waals surface area (Å²) in [7, 11) is 0. The summed E-state index contributed by atoms with van der Waals surface area (Å²) in [4.78, 5) is 39.6. The first kappa shape index (κ1) is 21.1. The Bertz CT molecular complexity index is 1260. The van der Waals surface area contributed by atoms with Gasteiger partial charge in [0, 0.05) is 18.3 Å². The lowest BCUT2D eigenvalue weighted by atomic mass is 10.0. The molecular formula is C26H23N3O3. The van der Waals surface area contributed by atoms with E-state index in [1.165, 1.54) is 11.8 Å². The molecule has 0 spiro atoms. The molecule has 3 aromatic carbocycles. The van der Waals surface area contributed by atoms with Gasteiger partial charge in [-0.1, -0.05) is 48.5 Å². The third-order valence-electron chi connectivity index (χ3n) is 5.34. The highest BCUT2D eigenvalue weighted by Crippen LogP contribution is 2.35. The molecule has 0 fully saturated rings. The molecule has 1 heterocycles. The average molecular weight is 425 g/mol. The van der Waals surface area contributed by atoms with Crippen LogP contribution in [0.4, 0.5) is 17.1 Å². The summed E-state index contributed by atoms with van der Waals surface area (Å²) in [5.41, 5.74) is 4.80. The number of anilines is 3. The van der Waals surface area contributed by atoms with E-state index in [0.717, 1.165) is 16.8 Å². The molecule has 32 heavy (non-hydrogen) atoms. The minimum atomic E-state index is -0.409. The summed E-state index contributed by atoms with van der Waals surface area (Å²) < 4.78 is 0. The number of hydrogen-bond acceptors (Lipinski definition) is 4. The number of carbonyl (C=O) groups is 3. The molecule has 0 saturated heterocycles. The molecule has 4 rings (SSSR count). The normalized spacial score (nSPS) is 13.5. The van der Waals surface area contributed by atoms with Crippen LogP contribution in [0.1, 0.15) is 23.6 Å².